The van der Waals surface area contributed by atoms with Crippen LogP contribution in [0.1, 0.15) is 36.0 Å². The number of thiophene rings is 1. The Balaban J connectivity index is 1.78. The first kappa shape index (κ1) is 20.5. The SMILES string of the molecule is C=C(/C=C/C(=O)OC(C)(C)C)c1ccsc1C(=O)Nc1cccc2cccnc12. The van der Waals surface area contributed by atoms with Gasteiger partial charge in [0.1, 0.15) is 5.60 Å². The number of fused-ring (bicyclic) bond motifs is 1. The zero-order valence-corrected chi connectivity index (χ0v) is 17.4. The van der Waals surface area contributed by atoms with Crippen molar-refractivity contribution < 1.29 is 14.3 Å². The van der Waals surface area contributed by atoms with Gasteiger partial charge in [-0.3, -0.25) is 9.78 Å². The molecule has 2 heterocycles. The van der Waals surface area contributed by atoms with Crippen LogP contribution in [-0.2, 0) is 9.53 Å². The summed E-state index contributed by atoms with van der Waals surface area (Å²) in [6, 6.07) is 11.2. The van der Waals surface area contributed by atoms with E-state index < -0.39 is 11.6 Å². The first-order chi connectivity index (χ1) is 13.7. The van der Waals surface area contributed by atoms with E-state index in [4.69, 9.17) is 4.74 Å². The van der Waals surface area contributed by atoms with Crippen molar-refractivity contribution >= 4 is 45.4 Å². The number of ether oxygens (including phenoxy) is 1. The van der Waals surface area contributed by atoms with Gasteiger partial charge in [-0.2, -0.15) is 0 Å². The van der Waals surface area contributed by atoms with E-state index >= 15 is 0 Å². The molecule has 0 radical (unpaired) electrons. The maximum absolute atomic E-state index is 12.9. The third-order valence-corrected chi connectivity index (χ3v) is 4.84. The van der Waals surface area contributed by atoms with Crippen molar-refractivity contribution in [3.05, 3.63) is 77.1 Å². The van der Waals surface area contributed by atoms with Gasteiger partial charge < -0.3 is 10.1 Å². The van der Waals surface area contributed by atoms with Crippen molar-refractivity contribution in [1.29, 1.82) is 0 Å². The monoisotopic (exact) mass is 406 g/mol. The molecule has 0 aliphatic heterocycles. The molecule has 0 bridgehead atoms. The third-order valence-electron chi connectivity index (χ3n) is 3.93. The smallest absolute Gasteiger partial charge is 0.331 e. The van der Waals surface area contributed by atoms with Crippen LogP contribution in [0.2, 0.25) is 0 Å². The number of carbonyl (C=O) groups excluding carboxylic acids is 2. The van der Waals surface area contributed by atoms with Crippen molar-refractivity contribution in [1.82, 2.24) is 4.98 Å². The molecule has 0 unspecified atom stereocenters. The van der Waals surface area contributed by atoms with Crippen molar-refractivity contribution in [2.45, 2.75) is 26.4 Å². The Morgan fingerprint density at radius 3 is 2.66 bits per heavy atom. The van der Waals surface area contributed by atoms with Crippen LogP contribution in [0.4, 0.5) is 5.69 Å². The summed E-state index contributed by atoms with van der Waals surface area (Å²) in [6.07, 6.45) is 4.58. The van der Waals surface area contributed by atoms with Crippen LogP contribution < -0.4 is 5.32 Å². The van der Waals surface area contributed by atoms with Gasteiger partial charge in [0, 0.05) is 23.2 Å². The molecule has 0 fully saturated rings. The highest BCUT2D eigenvalue weighted by Crippen LogP contribution is 2.27. The fourth-order valence-electron chi connectivity index (χ4n) is 2.72. The number of allylic oxidation sites excluding steroid dienone is 2. The van der Waals surface area contributed by atoms with E-state index in [9.17, 15) is 9.59 Å². The maximum Gasteiger partial charge on any atom is 0.331 e. The number of anilines is 1. The second-order valence-electron chi connectivity index (χ2n) is 7.39. The largest absolute Gasteiger partial charge is 0.457 e. The van der Waals surface area contributed by atoms with Crippen molar-refractivity contribution in [3.63, 3.8) is 0 Å². The molecule has 5 nitrogen and oxygen atoms in total. The average molecular weight is 407 g/mol. The lowest BCUT2D eigenvalue weighted by Gasteiger charge is -2.17. The second kappa shape index (κ2) is 8.41. The molecule has 0 aliphatic carbocycles. The lowest BCUT2D eigenvalue weighted by Crippen LogP contribution is -2.22. The van der Waals surface area contributed by atoms with E-state index in [1.165, 1.54) is 17.4 Å². The van der Waals surface area contributed by atoms with Crippen molar-refractivity contribution in [2.75, 3.05) is 5.32 Å². The quantitative estimate of drug-likeness (QED) is 0.347. The van der Waals surface area contributed by atoms with E-state index in [-0.39, 0.29) is 5.91 Å². The van der Waals surface area contributed by atoms with Gasteiger partial charge in [0.25, 0.3) is 5.91 Å². The summed E-state index contributed by atoms with van der Waals surface area (Å²) in [5.41, 5.74) is 2.02. The minimum absolute atomic E-state index is 0.250. The van der Waals surface area contributed by atoms with E-state index in [0.29, 0.717) is 21.7 Å². The van der Waals surface area contributed by atoms with Crippen molar-refractivity contribution in [2.24, 2.45) is 0 Å². The average Bonchev–Trinajstić information content (AvgIpc) is 3.15. The molecule has 0 aliphatic rings. The van der Waals surface area contributed by atoms with Gasteiger partial charge in [-0.1, -0.05) is 24.8 Å². The Bertz CT molecular complexity index is 1100. The summed E-state index contributed by atoms with van der Waals surface area (Å²) in [4.78, 5) is 29.6. The lowest BCUT2D eigenvalue weighted by molar-refractivity contribution is -0.148. The Hall–Kier alpha value is -3.25. The summed E-state index contributed by atoms with van der Waals surface area (Å²) in [6.45, 7) is 9.39. The number of nitrogens with one attached hydrogen (secondary N) is 1. The Kier molecular flexibility index (Phi) is 5.94. The highest BCUT2D eigenvalue weighted by Gasteiger charge is 2.17. The number of amides is 1. The summed E-state index contributed by atoms with van der Waals surface area (Å²) in [7, 11) is 0. The molecule has 3 rings (SSSR count). The van der Waals surface area contributed by atoms with Gasteiger partial charge in [-0.05, 0) is 56.0 Å². The number of para-hydroxylation sites is 1. The summed E-state index contributed by atoms with van der Waals surface area (Å²) < 4.78 is 5.25. The molecule has 148 valence electrons. The zero-order chi connectivity index (χ0) is 21.0. The molecular weight excluding hydrogens is 384 g/mol. The van der Waals surface area contributed by atoms with Crippen LogP contribution in [0.25, 0.3) is 16.5 Å². The van der Waals surface area contributed by atoms with Gasteiger partial charge in [-0.25, -0.2) is 4.79 Å². The predicted octanol–water partition coefficient (Wildman–Crippen LogP) is 5.46. The molecule has 0 saturated carbocycles. The fraction of sp³-hybridized carbons (Fsp3) is 0.174. The van der Waals surface area contributed by atoms with Crippen LogP contribution in [-0.4, -0.2) is 22.5 Å². The molecule has 6 heteroatoms. The second-order valence-corrected chi connectivity index (χ2v) is 8.31. The number of rotatable bonds is 5. The van der Waals surface area contributed by atoms with Crippen LogP contribution in [0, 0.1) is 0 Å². The van der Waals surface area contributed by atoms with E-state index in [1.54, 1.807) is 33.0 Å². The van der Waals surface area contributed by atoms with Gasteiger partial charge >= 0.3 is 5.97 Å². The number of benzene rings is 1. The summed E-state index contributed by atoms with van der Waals surface area (Å²) in [5.74, 6) is -0.707. The third kappa shape index (κ3) is 5.18. The van der Waals surface area contributed by atoms with Gasteiger partial charge in [-0.15, -0.1) is 11.3 Å². The van der Waals surface area contributed by atoms with Crippen LogP contribution in [0.3, 0.4) is 0 Å². The fourth-order valence-corrected chi connectivity index (χ4v) is 3.54. The molecule has 3 aromatic rings. The molecule has 1 N–H and O–H groups in total. The molecule has 1 aromatic carbocycles. The minimum atomic E-state index is -0.567. The van der Waals surface area contributed by atoms with Gasteiger partial charge in [0.15, 0.2) is 0 Å². The Morgan fingerprint density at radius 1 is 1.14 bits per heavy atom. The first-order valence-electron chi connectivity index (χ1n) is 9.07. The number of aromatic nitrogens is 1. The molecule has 0 saturated heterocycles. The molecule has 1 amide bonds. The summed E-state index contributed by atoms with van der Waals surface area (Å²) in [5, 5.41) is 5.69. The maximum atomic E-state index is 12.9. The molecule has 29 heavy (non-hydrogen) atoms. The molecule has 0 spiro atoms. The lowest BCUT2D eigenvalue weighted by atomic mass is 10.1. The summed E-state index contributed by atoms with van der Waals surface area (Å²) >= 11 is 1.31. The van der Waals surface area contributed by atoms with Gasteiger partial charge in [0.05, 0.1) is 16.1 Å². The number of nitrogens with zero attached hydrogens (tertiary/aromatic N) is 1. The molecule has 0 atom stereocenters. The Morgan fingerprint density at radius 2 is 1.90 bits per heavy atom. The normalized spacial score (nSPS) is 11.6. The molecular formula is C23H22N2O3S. The standard InChI is InChI=1S/C23H22N2O3S/c1-15(10-11-19(26)28-23(2,3)4)17-12-14-29-21(17)22(27)25-18-9-5-7-16-8-6-13-24-20(16)18/h5-14H,1H2,2-4H3,(H,25,27)/b11-10+. The Labute approximate surface area is 173 Å². The van der Waals surface area contributed by atoms with Crippen LogP contribution in [0.5, 0.6) is 0 Å². The van der Waals surface area contributed by atoms with E-state index in [2.05, 4.69) is 16.9 Å². The number of hydrogen-bond donors (Lipinski definition) is 1. The van der Waals surface area contributed by atoms with Gasteiger partial charge in [0.2, 0.25) is 0 Å². The number of esters is 1. The predicted molar refractivity (Wildman–Crippen MR) is 118 cm³/mol. The van der Waals surface area contributed by atoms with E-state index in [0.717, 1.165) is 10.9 Å². The number of hydrogen-bond acceptors (Lipinski definition) is 5. The zero-order valence-electron chi connectivity index (χ0n) is 16.6. The topological polar surface area (TPSA) is 68.3 Å². The highest BCUT2D eigenvalue weighted by atomic mass is 32.1. The van der Waals surface area contributed by atoms with Crippen LogP contribution in [0.15, 0.2) is 66.7 Å². The van der Waals surface area contributed by atoms with Crippen molar-refractivity contribution in [3.8, 4) is 0 Å². The van der Waals surface area contributed by atoms with Crippen LogP contribution >= 0.6 is 11.3 Å². The highest BCUT2D eigenvalue weighted by molar-refractivity contribution is 7.12. The first-order valence-corrected chi connectivity index (χ1v) is 9.95. The number of carbonyl (C=O) groups is 2. The number of pyridine rings is 1. The van der Waals surface area contributed by atoms with E-state index in [1.807, 2.05) is 41.8 Å². The molecule has 2 aromatic heterocycles. The minimum Gasteiger partial charge on any atom is -0.457 e.